The number of hydrogen-bond donors (Lipinski definition) is 0. The number of amides is 1. The molecule has 0 unspecified atom stereocenters. The summed E-state index contributed by atoms with van der Waals surface area (Å²) in [4.78, 5) is 27.5. The van der Waals surface area contributed by atoms with Gasteiger partial charge in [-0.25, -0.2) is 0 Å². The topological polar surface area (TPSA) is 64.4 Å². The van der Waals surface area contributed by atoms with E-state index in [4.69, 9.17) is 4.74 Å². The Bertz CT molecular complexity index is 1100. The van der Waals surface area contributed by atoms with Crippen molar-refractivity contribution in [2.24, 2.45) is 0 Å². The van der Waals surface area contributed by atoms with Gasteiger partial charge in [0.05, 0.1) is 18.9 Å². The lowest BCUT2D eigenvalue weighted by atomic mass is 10.00. The maximum absolute atomic E-state index is 13.2. The van der Waals surface area contributed by atoms with Gasteiger partial charge in [0.15, 0.2) is 11.4 Å². The zero-order valence-electron chi connectivity index (χ0n) is 15.9. The van der Waals surface area contributed by atoms with Crippen molar-refractivity contribution in [3.05, 3.63) is 87.3 Å². The van der Waals surface area contributed by atoms with E-state index in [9.17, 15) is 9.59 Å². The third-order valence-corrected chi connectivity index (χ3v) is 5.08. The number of hydrogen-bond acceptors (Lipinski definition) is 4. The standard InChI is InChI=1S/C22H21N3O3/c1-15-7-3-6-10-18(15)25-20(26)13-19(28-2)21(23-25)22(27)24-12-11-16-8-4-5-9-17(16)14-24/h3-10,13H,11-12,14H2,1-2H3. The smallest absolute Gasteiger partial charge is 0.278 e. The Labute approximate surface area is 163 Å². The van der Waals surface area contributed by atoms with Crippen LogP contribution in [0.5, 0.6) is 5.75 Å². The number of aryl methyl sites for hydroxylation is 1. The van der Waals surface area contributed by atoms with Gasteiger partial charge in [-0.2, -0.15) is 9.78 Å². The van der Waals surface area contributed by atoms with Crippen LogP contribution < -0.4 is 10.3 Å². The molecular weight excluding hydrogens is 354 g/mol. The van der Waals surface area contributed by atoms with Gasteiger partial charge in [-0.15, -0.1) is 0 Å². The van der Waals surface area contributed by atoms with Crippen molar-refractivity contribution in [1.29, 1.82) is 0 Å². The predicted octanol–water partition coefficient (Wildman–Crippen LogP) is 2.75. The Balaban J connectivity index is 1.75. The number of carbonyl (C=O) groups is 1. The summed E-state index contributed by atoms with van der Waals surface area (Å²) in [6.07, 6.45) is 0.793. The van der Waals surface area contributed by atoms with Crippen LogP contribution in [0.1, 0.15) is 27.2 Å². The van der Waals surface area contributed by atoms with Gasteiger partial charge in [0.2, 0.25) is 0 Å². The summed E-state index contributed by atoms with van der Waals surface area (Å²) in [6, 6.07) is 16.9. The SMILES string of the molecule is COc1cc(=O)n(-c2ccccc2C)nc1C(=O)N1CCc2ccccc2C1. The third-order valence-electron chi connectivity index (χ3n) is 5.08. The lowest BCUT2D eigenvalue weighted by Gasteiger charge is -2.29. The summed E-state index contributed by atoms with van der Waals surface area (Å²) >= 11 is 0. The van der Waals surface area contributed by atoms with E-state index in [0.29, 0.717) is 18.8 Å². The first-order valence-electron chi connectivity index (χ1n) is 9.19. The van der Waals surface area contributed by atoms with Crippen LogP contribution in [-0.4, -0.2) is 34.2 Å². The van der Waals surface area contributed by atoms with Crippen LogP contribution in [0.4, 0.5) is 0 Å². The lowest BCUT2D eigenvalue weighted by molar-refractivity contribution is 0.0722. The molecule has 1 amide bonds. The van der Waals surface area contributed by atoms with E-state index in [1.165, 1.54) is 23.4 Å². The maximum Gasteiger partial charge on any atom is 0.278 e. The second-order valence-electron chi connectivity index (χ2n) is 6.84. The average Bonchev–Trinajstić information content (AvgIpc) is 2.73. The zero-order valence-corrected chi connectivity index (χ0v) is 15.9. The fourth-order valence-electron chi connectivity index (χ4n) is 3.54. The van der Waals surface area contributed by atoms with Gasteiger partial charge in [0.1, 0.15) is 0 Å². The Morgan fingerprint density at radius 2 is 1.79 bits per heavy atom. The van der Waals surface area contributed by atoms with Crippen LogP contribution in [0, 0.1) is 6.92 Å². The molecule has 2 heterocycles. The molecule has 1 aliphatic rings. The number of carbonyl (C=O) groups excluding carboxylic acids is 1. The minimum atomic E-state index is -0.341. The molecule has 1 aliphatic heterocycles. The Kier molecular flexibility index (Phi) is 4.69. The minimum Gasteiger partial charge on any atom is -0.494 e. The molecule has 0 saturated carbocycles. The number of fused-ring (bicyclic) bond motifs is 1. The summed E-state index contributed by atoms with van der Waals surface area (Å²) in [6.45, 7) is 3.02. The van der Waals surface area contributed by atoms with Crippen molar-refractivity contribution in [3.63, 3.8) is 0 Å². The first-order valence-corrected chi connectivity index (χ1v) is 9.19. The van der Waals surface area contributed by atoms with Crippen molar-refractivity contribution < 1.29 is 9.53 Å². The summed E-state index contributed by atoms with van der Waals surface area (Å²) in [5, 5.41) is 4.39. The number of benzene rings is 2. The second kappa shape index (κ2) is 7.31. The third kappa shape index (κ3) is 3.17. The van der Waals surface area contributed by atoms with E-state index >= 15 is 0 Å². The maximum atomic E-state index is 13.2. The molecule has 0 atom stereocenters. The van der Waals surface area contributed by atoms with E-state index in [1.54, 1.807) is 4.90 Å². The first kappa shape index (κ1) is 18.0. The Morgan fingerprint density at radius 3 is 2.54 bits per heavy atom. The molecule has 0 fully saturated rings. The van der Waals surface area contributed by atoms with Gasteiger partial charge >= 0.3 is 0 Å². The highest BCUT2D eigenvalue weighted by Gasteiger charge is 2.26. The summed E-state index contributed by atoms with van der Waals surface area (Å²) < 4.78 is 6.57. The molecule has 6 heteroatoms. The van der Waals surface area contributed by atoms with E-state index in [1.807, 2.05) is 49.4 Å². The van der Waals surface area contributed by atoms with E-state index in [0.717, 1.165) is 17.5 Å². The van der Waals surface area contributed by atoms with Crippen molar-refractivity contribution >= 4 is 5.91 Å². The van der Waals surface area contributed by atoms with Gasteiger partial charge < -0.3 is 9.64 Å². The minimum absolute atomic E-state index is 0.143. The molecule has 2 aromatic carbocycles. The molecule has 0 aliphatic carbocycles. The Hall–Kier alpha value is -3.41. The largest absolute Gasteiger partial charge is 0.494 e. The molecule has 0 radical (unpaired) electrons. The first-order chi connectivity index (χ1) is 13.6. The molecular formula is C22H21N3O3. The molecule has 6 nitrogen and oxygen atoms in total. The summed E-state index contributed by atoms with van der Waals surface area (Å²) in [5.74, 6) is -0.0487. The molecule has 0 saturated heterocycles. The van der Waals surface area contributed by atoms with Crippen LogP contribution in [0.3, 0.4) is 0 Å². The highest BCUT2D eigenvalue weighted by Crippen LogP contribution is 2.23. The predicted molar refractivity (Wildman–Crippen MR) is 106 cm³/mol. The number of nitrogens with zero attached hydrogens (tertiary/aromatic N) is 3. The van der Waals surface area contributed by atoms with Crippen molar-refractivity contribution in [2.45, 2.75) is 19.9 Å². The molecule has 0 N–H and O–H groups in total. The quantitative estimate of drug-likeness (QED) is 0.706. The number of ether oxygens (including phenoxy) is 1. The number of aromatic nitrogens is 2. The molecule has 28 heavy (non-hydrogen) atoms. The van der Waals surface area contributed by atoms with Crippen molar-refractivity contribution in [3.8, 4) is 11.4 Å². The average molecular weight is 375 g/mol. The van der Waals surface area contributed by atoms with Crippen molar-refractivity contribution in [1.82, 2.24) is 14.7 Å². The van der Waals surface area contributed by atoms with Gasteiger partial charge in [-0.05, 0) is 36.1 Å². The van der Waals surface area contributed by atoms with Gasteiger partial charge in [-0.1, -0.05) is 42.5 Å². The fraction of sp³-hybridized carbons (Fsp3) is 0.227. The van der Waals surface area contributed by atoms with Crippen molar-refractivity contribution in [2.75, 3.05) is 13.7 Å². The normalized spacial score (nSPS) is 13.1. The fourth-order valence-corrected chi connectivity index (χ4v) is 3.54. The van der Waals surface area contributed by atoms with Crippen LogP contribution in [0.25, 0.3) is 5.69 Å². The molecule has 1 aromatic heterocycles. The molecule has 0 bridgehead atoms. The highest BCUT2D eigenvalue weighted by molar-refractivity contribution is 5.95. The van der Waals surface area contributed by atoms with Crippen LogP contribution in [0.2, 0.25) is 0 Å². The Morgan fingerprint density at radius 1 is 1.07 bits per heavy atom. The highest BCUT2D eigenvalue weighted by atomic mass is 16.5. The van der Waals surface area contributed by atoms with Gasteiger partial charge in [0.25, 0.3) is 11.5 Å². The monoisotopic (exact) mass is 375 g/mol. The number of methoxy groups -OCH3 is 1. The van der Waals surface area contributed by atoms with Gasteiger partial charge in [-0.3, -0.25) is 9.59 Å². The van der Waals surface area contributed by atoms with Gasteiger partial charge in [0, 0.05) is 13.1 Å². The summed E-state index contributed by atoms with van der Waals surface area (Å²) in [7, 11) is 1.44. The zero-order chi connectivity index (χ0) is 19.7. The molecule has 4 rings (SSSR count). The lowest BCUT2D eigenvalue weighted by Crippen LogP contribution is -2.38. The van der Waals surface area contributed by atoms with Crippen LogP contribution in [0.15, 0.2) is 59.4 Å². The molecule has 142 valence electrons. The van der Waals surface area contributed by atoms with Crippen LogP contribution >= 0.6 is 0 Å². The van der Waals surface area contributed by atoms with E-state index < -0.39 is 0 Å². The van der Waals surface area contributed by atoms with E-state index in [-0.39, 0.29) is 22.9 Å². The van der Waals surface area contributed by atoms with E-state index in [2.05, 4.69) is 11.2 Å². The second-order valence-corrected chi connectivity index (χ2v) is 6.84. The molecule has 0 spiro atoms. The number of rotatable bonds is 3. The number of para-hydroxylation sites is 1. The van der Waals surface area contributed by atoms with Crippen LogP contribution in [-0.2, 0) is 13.0 Å². The molecule has 3 aromatic rings. The summed E-state index contributed by atoms with van der Waals surface area (Å²) in [5.41, 5.74) is 3.74.